The van der Waals surface area contributed by atoms with Gasteiger partial charge in [0.1, 0.15) is 91.6 Å². The number of rotatable bonds is 15. The van der Waals surface area contributed by atoms with E-state index in [2.05, 4.69) is 20.8 Å². The first kappa shape index (κ1) is 61.8. The van der Waals surface area contributed by atoms with Crippen molar-refractivity contribution < 1.29 is 120 Å². The molecule has 30 atom stereocenters. The Bertz CT molecular complexity index is 2010. The van der Waals surface area contributed by atoms with Crippen LogP contribution in [0, 0.1) is 45.3 Å². The minimum Gasteiger partial charge on any atom is -0.394 e. The second-order valence-electron chi connectivity index (χ2n) is 25.9. The van der Waals surface area contributed by atoms with E-state index in [4.69, 9.17) is 37.9 Å². The summed E-state index contributed by atoms with van der Waals surface area (Å²) in [5.74, 6) is -1.14. The SMILES string of the molecule is CC(C)(O)/C=C/C[C@@](C)(O[C@@H]1O[C@H](CO[C@@H]2OC[C@@H](O)[C@H](O)[C@H]2O)[C@@H](O)[C@H](O)[C@H]1O)[C@H]1CC[C@]2(C)[C@@H]1[C@H](O)C[C@@H]1[C@@]3(C)C[C@@H](O)[C@H](O[C@@H]4O[C@H](CO)[C@@H](O)[C@H](O)[C@H]4O[C@@H]4O[C@H](CO)[C@@H](O)[C@H](O)[C@H]4O)C(C)(C)[C@@H]3CC[C@]12C. The Hall–Kier alpha value is -1.22. The van der Waals surface area contributed by atoms with Gasteiger partial charge in [-0.3, -0.25) is 0 Å². The van der Waals surface area contributed by atoms with E-state index in [9.17, 15) is 81.7 Å². The fourth-order valence-electron chi connectivity index (χ4n) is 16.0. The van der Waals surface area contributed by atoms with Gasteiger partial charge in [-0.1, -0.05) is 46.8 Å². The largest absolute Gasteiger partial charge is 0.394 e. The zero-order valence-electron chi connectivity index (χ0n) is 45.4. The van der Waals surface area contributed by atoms with Crippen molar-refractivity contribution in [3.63, 3.8) is 0 Å². The third-order valence-electron chi connectivity index (χ3n) is 20.3. The maximum absolute atomic E-state index is 12.8. The third kappa shape index (κ3) is 11.0. The van der Waals surface area contributed by atoms with Crippen molar-refractivity contribution in [2.75, 3.05) is 26.4 Å². The fraction of sp³-hybridized carbons (Fsp3) is 0.962. The highest BCUT2D eigenvalue weighted by Crippen LogP contribution is 2.76. The lowest BCUT2D eigenvalue weighted by Gasteiger charge is -2.71. The first-order chi connectivity index (χ1) is 35.8. The molecule has 4 saturated carbocycles. The van der Waals surface area contributed by atoms with Crippen LogP contribution in [0.15, 0.2) is 12.2 Å². The van der Waals surface area contributed by atoms with E-state index < -0.39 is 200 Å². The molecule has 0 spiro atoms. The molecule has 24 nitrogen and oxygen atoms in total. The molecule has 77 heavy (non-hydrogen) atoms. The molecule has 446 valence electrons. The van der Waals surface area contributed by atoms with Crippen LogP contribution in [0.4, 0.5) is 0 Å². The second kappa shape index (κ2) is 22.7. The van der Waals surface area contributed by atoms with Gasteiger partial charge in [-0.25, -0.2) is 0 Å². The third-order valence-corrected chi connectivity index (χ3v) is 20.3. The van der Waals surface area contributed by atoms with Crippen molar-refractivity contribution in [3.05, 3.63) is 12.2 Å². The van der Waals surface area contributed by atoms with Gasteiger partial charge in [-0.2, -0.15) is 0 Å². The van der Waals surface area contributed by atoms with E-state index in [-0.39, 0.29) is 31.3 Å². The molecule has 8 rings (SSSR count). The van der Waals surface area contributed by atoms with E-state index >= 15 is 0 Å². The number of aliphatic hydroxyl groups excluding tert-OH is 15. The zero-order valence-corrected chi connectivity index (χ0v) is 45.4. The minimum absolute atomic E-state index is 0.155. The molecule has 0 amide bonds. The fourth-order valence-corrected chi connectivity index (χ4v) is 16.0. The number of aliphatic hydroxyl groups is 16. The van der Waals surface area contributed by atoms with Crippen LogP contribution in [0.3, 0.4) is 0 Å². The normalized spacial score (nSPS) is 53.1. The first-order valence-electron chi connectivity index (χ1n) is 27.4. The number of ether oxygens (including phenoxy) is 8. The smallest absolute Gasteiger partial charge is 0.187 e. The molecule has 16 N–H and O–H groups in total. The van der Waals surface area contributed by atoms with Crippen LogP contribution in [0.1, 0.15) is 100 Å². The van der Waals surface area contributed by atoms with Crippen LogP contribution in [0.5, 0.6) is 0 Å². The summed E-state index contributed by atoms with van der Waals surface area (Å²) in [6.07, 6.45) is -27.3. The average molecular weight is 1110 g/mol. The molecule has 4 heterocycles. The molecule has 0 aromatic carbocycles. The molecule has 0 bridgehead atoms. The first-order valence-corrected chi connectivity index (χ1v) is 27.4. The minimum atomic E-state index is -1.88. The van der Waals surface area contributed by atoms with Gasteiger partial charge in [0, 0.05) is 0 Å². The van der Waals surface area contributed by atoms with Gasteiger partial charge < -0.3 is 120 Å². The standard InChI is InChI=1S/C53H90O24/c1-48(2,69)12-9-13-53(8,77-46-41(68)37(64)35(62)28(74-46)21-71-44-39(66)32(59)25(58)20-70-44)22-10-14-52(7)31(22)23(56)16-30-50(5)17-24(57)43(49(3,4)29(50)11-15-51(30,52)6)76-47-42(38(65)34(61)27(19-55)73-47)75-45-40(67)36(63)33(60)26(18-54)72-45/h9,12,22-47,54-69H,10-11,13-21H2,1-8H3/b12-9+/t22-,23+,24+,25+,26+,27+,28+,29-,30+,31-,32-,33+,34+,35+,36-,37-,38-,39+,40+,41+,42+,43-,44-,45-,46-,47-,50-,51+,52+,53+/m0/s1. The molecule has 0 unspecified atom stereocenters. The topological polar surface area (TPSA) is 398 Å². The van der Waals surface area contributed by atoms with Crippen molar-refractivity contribution in [3.8, 4) is 0 Å². The molecule has 8 aliphatic rings. The summed E-state index contributed by atoms with van der Waals surface area (Å²) in [5, 5.41) is 175. The number of fused-ring (bicyclic) bond motifs is 5. The summed E-state index contributed by atoms with van der Waals surface area (Å²) in [4.78, 5) is 0. The van der Waals surface area contributed by atoms with Crippen molar-refractivity contribution in [1.29, 1.82) is 0 Å². The quantitative estimate of drug-likeness (QED) is 0.0556. The van der Waals surface area contributed by atoms with E-state index in [0.717, 1.165) is 0 Å². The van der Waals surface area contributed by atoms with Crippen molar-refractivity contribution in [1.82, 2.24) is 0 Å². The van der Waals surface area contributed by atoms with Gasteiger partial charge in [0.15, 0.2) is 25.2 Å². The van der Waals surface area contributed by atoms with Crippen LogP contribution >= 0.6 is 0 Å². The summed E-state index contributed by atoms with van der Waals surface area (Å²) in [6, 6.07) is 0. The molecule has 8 fully saturated rings. The summed E-state index contributed by atoms with van der Waals surface area (Å²) >= 11 is 0. The van der Waals surface area contributed by atoms with E-state index in [1.165, 1.54) is 0 Å². The van der Waals surface area contributed by atoms with Crippen LogP contribution in [0.2, 0.25) is 0 Å². The van der Waals surface area contributed by atoms with Crippen molar-refractivity contribution >= 4 is 0 Å². The van der Waals surface area contributed by atoms with Crippen LogP contribution in [0.25, 0.3) is 0 Å². The van der Waals surface area contributed by atoms with Gasteiger partial charge in [0.25, 0.3) is 0 Å². The highest BCUT2D eigenvalue weighted by Gasteiger charge is 2.73. The summed E-state index contributed by atoms with van der Waals surface area (Å²) in [6.45, 7) is 13.3. The van der Waals surface area contributed by atoms with E-state index in [1.54, 1.807) is 26.0 Å². The maximum atomic E-state index is 12.8. The predicted octanol–water partition coefficient (Wildman–Crippen LogP) is -3.62. The lowest BCUT2D eigenvalue weighted by Crippen LogP contribution is -2.70. The van der Waals surface area contributed by atoms with E-state index in [1.807, 2.05) is 20.8 Å². The Labute approximate surface area is 449 Å². The summed E-state index contributed by atoms with van der Waals surface area (Å²) in [5.41, 5.74) is -4.96. The Morgan fingerprint density at radius 1 is 0.571 bits per heavy atom. The average Bonchev–Trinajstić information content (AvgIpc) is 4.01. The summed E-state index contributed by atoms with van der Waals surface area (Å²) in [7, 11) is 0. The van der Waals surface area contributed by atoms with Crippen molar-refractivity contribution in [2.45, 2.75) is 247 Å². The Morgan fingerprint density at radius 2 is 1.13 bits per heavy atom. The predicted molar refractivity (Wildman–Crippen MR) is 263 cm³/mol. The van der Waals surface area contributed by atoms with Gasteiger partial charge in [0.2, 0.25) is 0 Å². The molecule has 0 radical (unpaired) electrons. The number of hydrogen-bond acceptors (Lipinski definition) is 24. The van der Waals surface area contributed by atoms with Gasteiger partial charge >= 0.3 is 0 Å². The lowest BCUT2D eigenvalue weighted by molar-refractivity contribution is -0.383. The van der Waals surface area contributed by atoms with E-state index in [0.29, 0.717) is 32.1 Å². The Kier molecular flexibility index (Phi) is 18.3. The second-order valence-corrected chi connectivity index (χ2v) is 25.9. The van der Waals surface area contributed by atoms with Crippen LogP contribution in [-0.4, -0.2) is 254 Å². The molecular formula is C53H90O24. The summed E-state index contributed by atoms with van der Waals surface area (Å²) < 4.78 is 48.3. The van der Waals surface area contributed by atoms with Gasteiger partial charge in [-0.15, -0.1) is 0 Å². The molecule has 4 aliphatic carbocycles. The number of hydrogen-bond donors (Lipinski definition) is 16. The molecular weight excluding hydrogens is 1020 g/mol. The highest BCUT2D eigenvalue weighted by molar-refractivity contribution is 5.22. The lowest BCUT2D eigenvalue weighted by atomic mass is 9.35. The molecule has 24 heteroatoms. The molecule has 4 aliphatic heterocycles. The Morgan fingerprint density at radius 3 is 1.75 bits per heavy atom. The monoisotopic (exact) mass is 1110 g/mol. The molecule has 0 aromatic heterocycles. The highest BCUT2D eigenvalue weighted by atomic mass is 16.8. The van der Waals surface area contributed by atoms with Crippen molar-refractivity contribution in [2.24, 2.45) is 45.3 Å². The van der Waals surface area contributed by atoms with Crippen LogP contribution in [-0.2, 0) is 37.9 Å². The maximum Gasteiger partial charge on any atom is 0.187 e. The molecule has 0 aromatic rings. The van der Waals surface area contributed by atoms with Gasteiger partial charge in [0.05, 0.1) is 55.9 Å². The Balaban J connectivity index is 1.03. The zero-order chi connectivity index (χ0) is 56.9. The molecule has 4 saturated heterocycles. The van der Waals surface area contributed by atoms with Gasteiger partial charge in [-0.05, 0) is 111 Å². The van der Waals surface area contributed by atoms with Crippen LogP contribution < -0.4 is 0 Å².